The van der Waals surface area contributed by atoms with Crippen LogP contribution in [0.2, 0.25) is 0 Å². The molecule has 1 N–H and O–H groups in total. The van der Waals surface area contributed by atoms with E-state index in [0.717, 1.165) is 18.9 Å². The van der Waals surface area contributed by atoms with Crippen LogP contribution in [0.4, 0.5) is 0 Å². The maximum atomic E-state index is 5.21. The Kier molecular flexibility index (Phi) is 4.04. The Morgan fingerprint density at radius 1 is 1.44 bits per heavy atom. The van der Waals surface area contributed by atoms with Crippen molar-refractivity contribution < 1.29 is 0 Å². The molecule has 0 unspecified atom stereocenters. The van der Waals surface area contributed by atoms with Gasteiger partial charge in [-0.25, -0.2) is 0 Å². The molecule has 1 fully saturated rings. The molecule has 84 valence electrons. The van der Waals surface area contributed by atoms with Gasteiger partial charge in [0.1, 0.15) is 0 Å². The van der Waals surface area contributed by atoms with Crippen LogP contribution < -0.4 is 5.32 Å². The number of rotatable bonds is 4. The minimum Gasteiger partial charge on any atom is -0.313 e. The summed E-state index contributed by atoms with van der Waals surface area (Å²) >= 11 is 3.51. The van der Waals surface area contributed by atoms with E-state index < -0.39 is 0 Å². The first kappa shape index (κ1) is 11.7. The van der Waals surface area contributed by atoms with Gasteiger partial charge in [-0.3, -0.25) is 0 Å². The topological polar surface area (TPSA) is 12.0 Å². The highest BCUT2D eigenvalue weighted by Crippen LogP contribution is 2.37. The normalized spacial score (nSPS) is 23.5. The van der Waals surface area contributed by atoms with Gasteiger partial charge in [-0.1, -0.05) is 28.1 Å². The molecule has 0 aromatic heterocycles. The van der Waals surface area contributed by atoms with Crippen LogP contribution in [0, 0.1) is 12.3 Å². The monoisotopic (exact) mass is 277 g/mol. The van der Waals surface area contributed by atoms with Crippen LogP contribution >= 0.6 is 15.9 Å². The predicted molar refractivity (Wildman–Crippen MR) is 71.4 cm³/mol. The van der Waals surface area contributed by atoms with Gasteiger partial charge < -0.3 is 5.32 Å². The smallest absolute Gasteiger partial charge is 0.0211 e. The Labute approximate surface area is 106 Å². The Hall–Kier alpha value is -0.780. The number of halogens is 1. The van der Waals surface area contributed by atoms with Crippen LogP contribution in [0.3, 0.4) is 0 Å². The fourth-order valence-electron chi connectivity index (χ4n) is 2.17. The van der Waals surface area contributed by atoms with Crippen LogP contribution in [0.1, 0.15) is 30.7 Å². The van der Waals surface area contributed by atoms with Crippen LogP contribution in [0.25, 0.3) is 0 Å². The lowest BCUT2D eigenvalue weighted by atomic mass is 9.76. The second-order valence-electron chi connectivity index (χ2n) is 4.33. The highest BCUT2D eigenvalue weighted by molar-refractivity contribution is 9.10. The van der Waals surface area contributed by atoms with Crippen molar-refractivity contribution in [2.24, 2.45) is 0 Å². The largest absolute Gasteiger partial charge is 0.313 e. The second-order valence-corrected chi connectivity index (χ2v) is 5.24. The van der Waals surface area contributed by atoms with E-state index in [1.165, 1.54) is 22.9 Å². The maximum absolute atomic E-state index is 5.21. The van der Waals surface area contributed by atoms with Gasteiger partial charge in [-0.15, -0.1) is 12.3 Å². The van der Waals surface area contributed by atoms with Crippen molar-refractivity contribution in [1.29, 1.82) is 0 Å². The van der Waals surface area contributed by atoms with E-state index in [-0.39, 0.29) is 0 Å². The number of nitrogens with one attached hydrogen (secondary N) is 1. The fraction of sp³-hybridized carbons (Fsp3) is 0.429. The highest BCUT2D eigenvalue weighted by Gasteiger charge is 2.29. The molecule has 1 aromatic rings. The van der Waals surface area contributed by atoms with Gasteiger partial charge >= 0.3 is 0 Å². The molecule has 0 heterocycles. The van der Waals surface area contributed by atoms with Crippen LogP contribution in [-0.4, -0.2) is 12.6 Å². The molecular formula is C14H16BrN. The van der Waals surface area contributed by atoms with Gasteiger partial charge in [0.2, 0.25) is 0 Å². The van der Waals surface area contributed by atoms with Gasteiger partial charge in [0, 0.05) is 23.5 Å². The molecule has 0 bridgehead atoms. The van der Waals surface area contributed by atoms with Crippen LogP contribution in [0.15, 0.2) is 28.7 Å². The molecule has 0 saturated heterocycles. The number of hydrogen-bond acceptors (Lipinski definition) is 1. The van der Waals surface area contributed by atoms with E-state index in [2.05, 4.69) is 51.4 Å². The fourth-order valence-corrected chi connectivity index (χ4v) is 2.58. The maximum Gasteiger partial charge on any atom is 0.0211 e. The molecule has 2 rings (SSSR count). The molecule has 1 aliphatic carbocycles. The molecule has 0 spiro atoms. The van der Waals surface area contributed by atoms with Crippen molar-refractivity contribution in [3.63, 3.8) is 0 Å². The Balaban J connectivity index is 1.78. The van der Waals surface area contributed by atoms with E-state index in [1.807, 2.05) is 0 Å². The first-order valence-electron chi connectivity index (χ1n) is 5.72. The Morgan fingerprint density at radius 2 is 2.25 bits per heavy atom. The quantitative estimate of drug-likeness (QED) is 0.658. The third-order valence-corrected chi connectivity index (χ3v) is 3.65. The summed E-state index contributed by atoms with van der Waals surface area (Å²) < 4.78 is 1.17. The van der Waals surface area contributed by atoms with E-state index in [9.17, 15) is 0 Å². The van der Waals surface area contributed by atoms with Gasteiger partial charge in [0.15, 0.2) is 0 Å². The number of hydrogen-bond donors (Lipinski definition) is 1. The van der Waals surface area contributed by atoms with E-state index in [4.69, 9.17) is 6.42 Å². The predicted octanol–water partition coefficient (Wildman–Crippen LogP) is 3.31. The third-order valence-electron chi connectivity index (χ3n) is 3.16. The third kappa shape index (κ3) is 2.87. The van der Waals surface area contributed by atoms with Crippen molar-refractivity contribution in [2.75, 3.05) is 6.54 Å². The van der Waals surface area contributed by atoms with Gasteiger partial charge in [-0.05, 0) is 36.5 Å². The van der Waals surface area contributed by atoms with Crippen molar-refractivity contribution >= 4 is 15.9 Å². The zero-order valence-electron chi connectivity index (χ0n) is 9.25. The average Bonchev–Trinajstić information content (AvgIpc) is 2.21. The zero-order chi connectivity index (χ0) is 11.4. The van der Waals surface area contributed by atoms with Crippen molar-refractivity contribution in [3.05, 3.63) is 34.3 Å². The summed E-state index contributed by atoms with van der Waals surface area (Å²) in [5.41, 5.74) is 1.45. The molecule has 0 atom stereocenters. The standard InChI is InChI=1S/C14H16BrN/c1-2-3-7-16-14-9-12(10-14)11-5-4-6-13(15)8-11/h1,4-6,8,12,14,16H,3,7,9-10H2. The molecule has 2 heteroatoms. The van der Waals surface area contributed by atoms with E-state index in [0.29, 0.717) is 6.04 Å². The summed E-state index contributed by atoms with van der Waals surface area (Å²) in [5.74, 6) is 3.38. The summed E-state index contributed by atoms with van der Waals surface area (Å²) in [5, 5.41) is 3.48. The first-order valence-corrected chi connectivity index (χ1v) is 6.51. The van der Waals surface area contributed by atoms with Crippen LogP contribution in [0.5, 0.6) is 0 Å². The molecule has 1 aromatic carbocycles. The molecule has 0 aliphatic heterocycles. The molecule has 1 aliphatic rings. The van der Waals surface area contributed by atoms with Crippen molar-refractivity contribution in [1.82, 2.24) is 5.32 Å². The van der Waals surface area contributed by atoms with Crippen molar-refractivity contribution in [3.8, 4) is 12.3 Å². The highest BCUT2D eigenvalue weighted by atomic mass is 79.9. The second kappa shape index (κ2) is 5.52. The molecule has 0 amide bonds. The summed E-state index contributed by atoms with van der Waals surface area (Å²) in [6, 6.07) is 9.29. The lowest BCUT2D eigenvalue weighted by Gasteiger charge is -2.36. The molecule has 1 saturated carbocycles. The summed E-state index contributed by atoms with van der Waals surface area (Å²) in [7, 11) is 0. The lowest BCUT2D eigenvalue weighted by molar-refractivity contribution is 0.293. The minimum atomic E-state index is 0.664. The number of terminal acetylenes is 1. The molecule has 0 radical (unpaired) electrons. The van der Waals surface area contributed by atoms with Crippen molar-refractivity contribution in [2.45, 2.75) is 31.2 Å². The van der Waals surface area contributed by atoms with Crippen LogP contribution in [-0.2, 0) is 0 Å². The van der Waals surface area contributed by atoms with Gasteiger partial charge in [-0.2, -0.15) is 0 Å². The van der Waals surface area contributed by atoms with Gasteiger partial charge in [0.25, 0.3) is 0 Å². The van der Waals surface area contributed by atoms with E-state index >= 15 is 0 Å². The minimum absolute atomic E-state index is 0.664. The Bertz CT molecular complexity index is 388. The number of benzene rings is 1. The summed E-state index contributed by atoms with van der Waals surface area (Å²) in [6.45, 7) is 0.951. The zero-order valence-corrected chi connectivity index (χ0v) is 10.8. The van der Waals surface area contributed by atoms with E-state index in [1.54, 1.807) is 0 Å². The average molecular weight is 278 g/mol. The Morgan fingerprint density at radius 3 is 2.94 bits per heavy atom. The molecular weight excluding hydrogens is 262 g/mol. The lowest BCUT2D eigenvalue weighted by Crippen LogP contribution is -2.40. The van der Waals surface area contributed by atoms with Gasteiger partial charge in [0.05, 0.1) is 0 Å². The molecule has 16 heavy (non-hydrogen) atoms. The first-order chi connectivity index (χ1) is 7.79. The SMILES string of the molecule is C#CCCNC1CC(c2cccc(Br)c2)C1. The summed E-state index contributed by atoms with van der Waals surface area (Å²) in [4.78, 5) is 0. The molecule has 1 nitrogen and oxygen atoms in total. The summed E-state index contributed by atoms with van der Waals surface area (Å²) in [6.07, 6.45) is 8.52.